The number of fused-ring (bicyclic) bond motifs is 3. The number of nitrogens with one attached hydrogen (secondary N) is 1. The lowest BCUT2D eigenvalue weighted by Crippen LogP contribution is -2.54. The lowest BCUT2D eigenvalue weighted by atomic mass is 9.81. The van der Waals surface area contributed by atoms with Gasteiger partial charge >= 0.3 is 6.09 Å². The molecule has 3 aliphatic rings. The number of anilines is 1. The second-order valence-electron chi connectivity index (χ2n) is 9.14. The first-order valence-electron chi connectivity index (χ1n) is 10.3. The SMILES string of the molecule is C[C@H]1CN(C(=O)OC(C)(C)C)CC[C@H]1c1cc2c(cc1Br)OCC1=NNC(=O)[C@@H](I)N12. The molecule has 1 fully saturated rings. The van der Waals surface area contributed by atoms with Gasteiger partial charge in [-0.2, -0.15) is 5.10 Å². The van der Waals surface area contributed by atoms with Crippen molar-refractivity contribution < 1.29 is 19.1 Å². The first kappa shape index (κ1) is 22.6. The molecule has 0 aliphatic carbocycles. The highest BCUT2D eigenvalue weighted by atomic mass is 127. The summed E-state index contributed by atoms with van der Waals surface area (Å²) < 4.78 is 12.0. The summed E-state index contributed by atoms with van der Waals surface area (Å²) in [5.41, 5.74) is 4.04. The third kappa shape index (κ3) is 4.50. The number of carbonyl (C=O) groups excluding carboxylic acids is 2. The molecule has 10 heteroatoms. The number of piperidine rings is 1. The molecule has 0 bridgehead atoms. The van der Waals surface area contributed by atoms with Gasteiger partial charge in [-0.25, -0.2) is 10.2 Å². The monoisotopic (exact) mass is 604 g/mol. The van der Waals surface area contributed by atoms with E-state index in [1.807, 2.05) is 31.7 Å². The van der Waals surface area contributed by atoms with Crippen LogP contribution in [0.5, 0.6) is 5.75 Å². The van der Waals surface area contributed by atoms with Gasteiger partial charge in [0.2, 0.25) is 0 Å². The molecule has 8 nitrogen and oxygen atoms in total. The number of rotatable bonds is 1. The molecule has 0 saturated carbocycles. The molecule has 0 spiro atoms. The number of hydrogen-bond donors (Lipinski definition) is 1. The van der Waals surface area contributed by atoms with Crippen LogP contribution in [0.15, 0.2) is 21.7 Å². The lowest BCUT2D eigenvalue weighted by molar-refractivity contribution is -0.120. The molecule has 0 radical (unpaired) electrons. The topological polar surface area (TPSA) is 83.5 Å². The van der Waals surface area contributed by atoms with E-state index in [2.05, 4.69) is 62.0 Å². The number of likely N-dealkylation sites (tertiary alicyclic amines) is 1. The van der Waals surface area contributed by atoms with E-state index in [1.54, 1.807) is 4.90 Å². The minimum atomic E-state index is -0.505. The van der Waals surface area contributed by atoms with E-state index in [0.717, 1.165) is 27.9 Å². The Balaban J connectivity index is 1.59. The minimum absolute atomic E-state index is 0.152. The van der Waals surface area contributed by atoms with Gasteiger partial charge in [0.25, 0.3) is 5.91 Å². The molecule has 1 aromatic carbocycles. The Kier molecular flexibility index (Phi) is 6.14. The van der Waals surface area contributed by atoms with Crippen LogP contribution in [0.1, 0.15) is 45.6 Å². The summed E-state index contributed by atoms with van der Waals surface area (Å²) in [5.74, 6) is 1.76. The Morgan fingerprint density at radius 3 is 2.81 bits per heavy atom. The van der Waals surface area contributed by atoms with Crippen molar-refractivity contribution in [2.45, 2.75) is 49.7 Å². The van der Waals surface area contributed by atoms with Crippen molar-refractivity contribution in [3.05, 3.63) is 22.2 Å². The molecule has 0 unspecified atom stereocenters. The number of hydrogen-bond acceptors (Lipinski definition) is 6. The second kappa shape index (κ2) is 8.42. The molecule has 168 valence electrons. The fourth-order valence-electron chi connectivity index (χ4n) is 4.23. The van der Waals surface area contributed by atoms with Crippen LogP contribution in [0.3, 0.4) is 0 Å². The highest BCUT2D eigenvalue weighted by molar-refractivity contribution is 14.1. The van der Waals surface area contributed by atoms with Gasteiger partial charge in [-0.05, 0) is 79.3 Å². The number of nitrogens with zero attached hydrogens (tertiary/aromatic N) is 3. The molecule has 1 saturated heterocycles. The number of amidine groups is 1. The molecule has 3 heterocycles. The zero-order valence-corrected chi connectivity index (χ0v) is 21.7. The van der Waals surface area contributed by atoms with Gasteiger partial charge in [0.05, 0.1) is 5.69 Å². The highest BCUT2D eigenvalue weighted by Crippen LogP contribution is 2.45. The Labute approximate surface area is 204 Å². The summed E-state index contributed by atoms with van der Waals surface area (Å²) in [7, 11) is 0. The first-order chi connectivity index (χ1) is 14.5. The Bertz CT molecular complexity index is 948. The van der Waals surface area contributed by atoms with Crippen LogP contribution in [0.4, 0.5) is 10.5 Å². The summed E-state index contributed by atoms with van der Waals surface area (Å²) >= 11 is 5.84. The van der Waals surface area contributed by atoms with Gasteiger partial charge in [-0.15, -0.1) is 0 Å². The van der Waals surface area contributed by atoms with Crippen molar-refractivity contribution >= 4 is 62.0 Å². The zero-order chi connectivity index (χ0) is 22.5. The van der Waals surface area contributed by atoms with Gasteiger partial charge in [-0.3, -0.25) is 4.79 Å². The quantitative estimate of drug-likeness (QED) is 0.295. The van der Waals surface area contributed by atoms with Gasteiger partial charge in [0, 0.05) is 17.6 Å². The van der Waals surface area contributed by atoms with E-state index >= 15 is 0 Å². The lowest BCUT2D eigenvalue weighted by Gasteiger charge is -2.40. The number of alkyl halides is 1. The van der Waals surface area contributed by atoms with E-state index < -0.39 is 9.65 Å². The van der Waals surface area contributed by atoms with Crippen molar-refractivity contribution in [3.63, 3.8) is 0 Å². The number of amides is 2. The number of benzene rings is 1. The average Bonchev–Trinajstić information content (AvgIpc) is 2.69. The normalized spacial score (nSPS) is 25.7. The van der Waals surface area contributed by atoms with Crippen molar-refractivity contribution in [2.75, 3.05) is 24.6 Å². The Hall–Kier alpha value is -1.56. The molecule has 3 atom stereocenters. The summed E-state index contributed by atoms with van der Waals surface area (Å²) in [6, 6.07) is 4.08. The van der Waals surface area contributed by atoms with Crippen molar-refractivity contribution in [2.24, 2.45) is 11.0 Å². The fourth-order valence-corrected chi connectivity index (χ4v) is 5.61. The van der Waals surface area contributed by atoms with E-state index in [1.165, 1.54) is 0 Å². The zero-order valence-electron chi connectivity index (χ0n) is 17.9. The van der Waals surface area contributed by atoms with Crippen LogP contribution in [0.2, 0.25) is 0 Å². The summed E-state index contributed by atoms with van der Waals surface area (Å²) in [4.78, 5) is 28.4. The van der Waals surface area contributed by atoms with Crippen LogP contribution in [0, 0.1) is 5.92 Å². The predicted octanol–water partition coefficient (Wildman–Crippen LogP) is 4.21. The maximum absolute atomic E-state index is 12.5. The van der Waals surface area contributed by atoms with Crippen molar-refractivity contribution in [3.8, 4) is 5.75 Å². The van der Waals surface area contributed by atoms with Crippen LogP contribution in [-0.4, -0.2) is 52.1 Å². The van der Waals surface area contributed by atoms with Crippen LogP contribution >= 0.6 is 38.5 Å². The maximum Gasteiger partial charge on any atom is 0.410 e. The standard InChI is InChI=1S/C21H26BrIN4O4/c1-11-9-26(20(29)31-21(2,3)4)6-5-12(11)13-7-15-16(8-14(13)22)30-10-17-24-25-19(28)18(23)27(15)17/h7-8,11-12,18H,5-6,9-10H2,1-4H3,(H,25,28)/t11-,12+,18-/m0/s1. The Morgan fingerprint density at radius 1 is 1.39 bits per heavy atom. The van der Waals surface area contributed by atoms with E-state index in [-0.39, 0.29) is 23.8 Å². The smallest absolute Gasteiger partial charge is 0.410 e. The largest absolute Gasteiger partial charge is 0.483 e. The van der Waals surface area contributed by atoms with Crippen LogP contribution in [-0.2, 0) is 9.53 Å². The van der Waals surface area contributed by atoms with Crippen molar-refractivity contribution in [1.82, 2.24) is 10.3 Å². The van der Waals surface area contributed by atoms with Gasteiger partial charge < -0.3 is 19.3 Å². The van der Waals surface area contributed by atoms with Gasteiger partial charge in [0.1, 0.15) is 18.0 Å². The van der Waals surface area contributed by atoms with Crippen LogP contribution < -0.4 is 15.1 Å². The number of hydrazone groups is 1. The summed E-state index contributed by atoms with van der Waals surface area (Å²) in [6.07, 6.45) is 0.567. The second-order valence-corrected chi connectivity index (χ2v) is 11.2. The van der Waals surface area contributed by atoms with Gasteiger partial charge in [-0.1, -0.05) is 22.9 Å². The Morgan fingerprint density at radius 2 is 2.13 bits per heavy atom. The summed E-state index contributed by atoms with van der Waals surface area (Å²) in [6.45, 7) is 9.38. The fraction of sp³-hybridized carbons (Fsp3) is 0.571. The number of ether oxygens (including phenoxy) is 2. The van der Waals surface area contributed by atoms with Crippen LogP contribution in [0.25, 0.3) is 0 Å². The molecule has 0 aromatic heterocycles. The highest BCUT2D eigenvalue weighted by Gasteiger charge is 2.38. The van der Waals surface area contributed by atoms with E-state index in [4.69, 9.17) is 9.47 Å². The first-order valence-corrected chi connectivity index (χ1v) is 12.3. The van der Waals surface area contributed by atoms with E-state index in [0.29, 0.717) is 25.5 Å². The average molecular weight is 605 g/mol. The molecule has 2 amide bonds. The predicted molar refractivity (Wildman–Crippen MR) is 130 cm³/mol. The molecular weight excluding hydrogens is 579 g/mol. The molecular formula is C21H26BrIN4O4. The van der Waals surface area contributed by atoms with E-state index in [9.17, 15) is 9.59 Å². The number of halogens is 2. The third-order valence-corrected chi connectivity index (χ3v) is 7.48. The molecule has 4 rings (SSSR count). The minimum Gasteiger partial charge on any atom is -0.483 e. The van der Waals surface area contributed by atoms with Crippen molar-refractivity contribution in [1.29, 1.82) is 0 Å². The maximum atomic E-state index is 12.5. The van der Waals surface area contributed by atoms with Gasteiger partial charge in [0.15, 0.2) is 9.88 Å². The third-order valence-electron chi connectivity index (χ3n) is 5.67. The summed E-state index contributed by atoms with van der Waals surface area (Å²) in [5, 5.41) is 4.16. The molecule has 3 aliphatic heterocycles. The molecule has 1 aromatic rings. The molecule has 31 heavy (non-hydrogen) atoms. The molecule has 1 N–H and O–H groups in total. The number of carbonyl (C=O) groups is 2.